The van der Waals surface area contributed by atoms with Crippen LogP contribution in [-0.4, -0.2) is 53.3 Å². The topological polar surface area (TPSA) is 78.9 Å². The van der Waals surface area contributed by atoms with Crippen LogP contribution in [0.25, 0.3) is 0 Å². The van der Waals surface area contributed by atoms with Crippen molar-refractivity contribution in [2.24, 2.45) is 5.92 Å². The highest BCUT2D eigenvalue weighted by molar-refractivity contribution is 5.86. The van der Waals surface area contributed by atoms with Crippen LogP contribution in [0.2, 0.25) is 0 Å². The number of hydrogen-bond acceptors (Lipinski definition) is 3. The van der Waals surface area contributed by atoms with Crippen LogP contribution in [0.5, 0.6) is 0 Å². The van der Waals surface area contributed by atoms with Crippen LogP contribution < -0.4 is 5.32 Å². The van der Waals surface area contributed by atoms with Gasteiger partial charge in [-0.25, -0.2) is 9.59 Å². The minimum atomic E-state index is -1.15. The van der Waals surface area contributed by atoms with Crippen LogP contribution >= 0.6 is 0 Å². The van der Waals surface area contributed by atoms with E-state index in [2.05, 4.69) is 5.32 Å². The van der Waals surface area contributed by atoms with Gasteiger partial charge < -0.3 is 20.1 Å². The first-order valence-electron chi connectivity index (χ1n) is 6.89. The molecule has 108 valence electrons. The molecule has 1 heterocycles. The molecule has 1 aliphatic carbocycles. The number of rotatable bonds is 4. The summed E-state index contributed by atoms with van der Waals surface area (Å²) in [6.45, 7) is 5.15. The number of carbonyl (C=O) groups is 2. The monoisotopic (exact) mass is 270 g/mol. The summed E-state index contributed by atoms with van der Waals surface area (Å²) in [5.74, 6) is -0.903. The smallest absolute Gasteiger partial charge is 0.329 e. The Morgan fingerprint density at radius 2 is 2.16 bits per heavy atom. The first-order valence-corrected chi connectivity index (χ1v) is 6.89. The van der Waals surface area contributed by atoms with E-state index < -0.39 is 11.5 Å². The molecule has 0 aromatic heterocycles. The quantitative estimate of drug-likeness (QED) is 0.800. The molecule has 0 radical (unpaired) electrons. The molecule has 2 N–H and O–H groups in total. The highest BCUT2D eigenvalue weighted by atomic mass is 16.5. The Kier molecular flexibility index (Phi) is 3.99. The average Bonchev–Trinajstić information content (AvgIpc) is 3.22. The molecular formula is C13H22N2O4. The number of ether oxygens (including phenoxy) is 1. The molecule has 2 unspecified atom stereocenters. The molecule has 6 heteroatoms. The lowest BCUT2D eigenvalue weighted by Gasteiger charge is -2.37. The highest BCUT2D eigenvalue weighted by Gasteiger charge is 2.49. The van der Waals surface area contributed by atoms with Crippen LogP contribution in [0.3, 0.4) is 0 Å². The fourth-order valence-corrected chi connectivity index (χ4v) is 2.55. The van der Waals surface area contributed by atoms with Gasteiger partial charge in [-0.05, 0) is 32.1 Å². The molecular weight excluding hydrogens is 248 g/mol. The minimum Gasteiger partial charge on any atom is -0.480 e. The molecule has 0 aromatic rings. The number of carboxylic acids is 1. The maximum atomic E-state index is 12.3. The first-order chi connectivity index (χ1) is 8.99. The molecule has 6 nitrogen and oxygen atoms in total. The van der Waals surface area contributed by atoms with E-state index in [9.17, 15) is 14.7 Å². The number of amides is 2. The van der Waals surface area contributed by atoms with E-state index in [4.69, 9.17) is 4.74 Å². The number of carbonyl (C=O) groups excluding carboxylic acids is 1. The molecule has 0 aromatic carbocycles. The van der Waals surface area contributed by atoms with E-state index >= 15 is 0 Å². The van der Waals surface area contributed by atoms with Gasteiger partial charge in [-0.1, -0.05) is 6.92 Å². The molecule has 1 aliphatic heterocycles. The van der Waals surface area contributed by atoms with Crippen molar-refractivity contribution in [1.82, 2.24) is 10.2 Å². The first kappa shape index (κ1) is 14.1. The summed E-state index contributed by atoms with van der Waals surface area (Å²) in [7, 11) is 0. The summed E-state index contributed by atoms with van der Waals surface area (Å²) in [5.41, 5.74) is -1.15. The van der Waals surface area contributed by atoms with Crippen LogP contribution in [0, 0.1) is 5.92 Å². The zero-order valence-electron chi connectivity index (χ0n) is 11.5. The predicted octanol–water partition coefficient (Wildman–Crippen LogP) is 1.06. The van der Waals surface area contributed by atoms with Crippen LogP contribution in [-0.2, 0) is 9.53 Å². The second-order valence-electron chi connectivity index (χ2n) is 5.54. The second-order valence-corrected chi connectivity index (χ2v) is 5.54. The lowest BCUT2D eigenvalue weighted by atomic mass is 9.96. The van der Waals surface area contributed by atoms with Gasteiger partial charge in [-0.3, -0.25) is 0 Å². The molecule has 2 atom stereocenters. The number of nitrogens with zero attached hydrogens (tertiary/aromatic N) is 1. The summed E-state index contributed by atoms with van der Waals surface area (Å²) in [6.07, 6.45) is 2.54. The minimum absolute atomic E-state index is 0.0333. The summed E-state index contributed by atoms with van der Waals surface area (Å²) < 4.78 is 5.35. The van der Waals surface area contributed by atoms with Crippen molar-refractivity contribution >= 4 is 12.0 Å². The Hall–Kier alpha value is -1.30. The number of aliphatic carboxylic acids is 1. The third-order valence-corrected chi connectivity index (χ3v) is 4.16. The highest BCUT2D eigenvalue weighted by Crippen LogP contribution is 2.39. The van der Waals surface area contributed by atoms with Gasteiger partial charge in [-0.2, -0.15) is 0 Å². The van der Waals surface area contributed by atoms with Gasteiger partial charge in [-0.15, -0.1) is 0 Å². The molecule has 2 rings (SSSR count). The molecule has 2 aliphatic rings. The van der Waals surface area contributed by atoms with Crippen LogP contribution in [0.1, 0.15) is 33.1 Å². The van der Waals surface area contributed by atoms with Crippen molar-refractivity contribution in [1.29, 1.82) is 0 Å². The number of hydrogen-bond donors (Lipinski definition) is 2. The standard InChI is InChI=1S/C13H22N2O4/c1-3-10-8-19-7-6-15(10)12(18)14-13(2,11(16)17)9-4-5-9/h9-10H,3-8H2,1-2H3,(H,14,18)(H,16,17). The third-order valence-electron chi connectivity index (χ3n) is 4.16. The van der Waals surface area contributed by atoms with Crippen molar-refractivity contribution in [2.45, 2.75) is 44.7 Å². The molecule has 0 bridgehead atoms. The SMILES string of the molecule is CCC1COCCN1C(=O)NC(C)(C(=O)O)C1CC1. The van der Waals surface area contributed by atoms with Gasteiger partial charge >= 0.3 is 12.0 Å². The largest absolute Gasteiger partial charge is 0.480 e. The summed E-state index contributed by atoms with van der Waals surface area (Å²) >= 11 is 0. The van der Waals surface area contributed by atoms with Crippen molar-refractivity contribution in [3.05, 3.63) is 0 Å². The van der Waals surface area contributed by atoms with Gasteiger partial charge in [0.25, 0.3) is 0 Å². The van der Waals surface area contributed by atoms with E-state index in [1.165, 1.54) is 0 Å². The van der Waals surface area contributed by atoms with E-state index in [-0.39, 0.29) is 18.0 Å². The lowest BCUT2D eigenvalue weighted by Crippen LogP contribution is -2.61. The van der Waals surface area contributed by atoms with E-state index in [0.29, 0.717) is 19.8 Å². The number of morpholine rings is 1. The van der Waals surface area contributed by atoms with Crippen molar-refractivity contribution in [3.63, 3.8) is 0 Å². The Balaban J connectivity index is 2.04. The lowest BCUT2D eigenvalue weighted by molar-refractivity contribution is -0.144. The average molecular weight is 270 g/mol. The Bertz CT molecular complexity index is 370. The van der Waals surface area contributed by atoms with Crippen LogP contribution in [0.15, 0.2) is 0 Å². The van der Waals surface area contributed by atoms with E-state index in [1.807, 2.05) is 6.92 Å². The number of carboxylic acid groups (broad SMARTS) is 1. The molecule has 1 saturated heterocycles. The Labute approximate surface area is 113 Å². The third kappa shape index (κ3) is 2.83. The molecule has 0 spiro atoms. The Morgan fingerprint density at radius 1 is 1.47 bits per heavy atom. The fourth-order valence-electron chi connectivity index (χ4n) is 2.55. The van der Waals surface area contributed by atoms with Crippen LogP contribution in [0.4, 0.5) is 4.79 Å². The summed E-state index contributed by atoms with van der Waals surface area (Å²) in [6, 6.07) is -0.252. The van der Waals surface area contributed by atoms with E-state index in [0.717, 1.165) is 19.3 Å². The van der Waals surface area contributed by atoms with Gasteiger partial charge in [0.2, 0.25) is 0 Å². The van der Waals surface area contributed by atoms with Crippen molar-refractivity contribution in [2.75, 3.05) is 19.8 Å². The van der Waals surface area contributed by atoms with Gasteiger partial charge in [0.15, 0.2) is 0 Å². The van der Waals surface area contributed by atoms with Crippen molar-refractivity contribution in [3.8, 4) is 0 Å². The Morgan fingerprint density at radius 3 is 2.68 bits per heavy atom. The molecule has 1 saturated carbocycles. The zero-order chi connectivity index (χ0) is 14.0. The van der Waals surface area contributed by atoms with Gasteiger partial charge in [0.1, 0.15) is 5.54 Å². The maximum Gasteiger partial charge on any atom is 0.329 e. The predicted molar refractivity (Wildman–Crippen MR) is 68.9 cm³/mol. The summed E-state index contributed by atoms with van der Waals surface area (Å²) in [4.78, 5) is 25.4. The second kappa shape index (κ2) is 5.36. The fraction of sp³-hybridized carbons (Fsp3) is 0.846. The van der Waals surface area contributed by atoms with Crippen molar-refractivity contribution < 1.29 is 19.4 Å². The molecule has 19 heavy (non-hydrogen) atoms. The normalized spacial score (nSPS) is 26.6. The van der Waals surface area contributed by atoms with Gasteiger partial charge in [0.05, 0.1) is 19.3 Å². The summed E-state index contributed by atoms with van der Waals surface area (Å²) in [5, 5.41) is 12.1. The number of nitrogens with one attached hydrogen (secondary N) is 1. The van der Waals surface area contributed by atoms with Gasteiger partial charge in [0, 0.05) is 6.54 Å². The maximum absolute atomic E-state index is 12.3. The molecule has 2 amide bonds. The molecule has 2 fully saturated rings. The number of urea groups is 1. The zero-order valence-corrected chi connectivity index (χ0v) is 11.5. The van der Waals surface area contributed by atoms with E-state index in [1.54, 1.807) is 11.8 Å².